The predicted octanol–water partition coefficient (Wildman–Crippen LogP) is 3.33. The van der Waals surface area contributed by atoms with Crippen molar-refractivity contribution in [1.82, 2.24) is 9.78 Å². The first-order chi connectivity index (χ1) is 8.09. The molecule has 0 saturated heterocycles. The van der Waals surface area contributed by atoms with Crippen molar-refractivity contribution in [3.8, 4) is 11.3 Å². The quantitative estimate of drug-likeness (QED) is 0.755. The van der Waals surface area contributed by atoms with Gasteiger partial charge in [-0.25, -0.2) is 0 Å². The molecule has 0 radical (unpaired) electrons. The van der Waals surface area contributed by atoms with E-state index >= 15 is 0 Å². The van der Waals surface area contributed by atoms with Crippen molar-refractivity contribution in [1.29, 1.82) is 0 Å². The number of benzene rings is 1. The van der Waals surface area contributed by atoms with E-state index in [0.29, 0.717) is 5.69 Å². The van der Waals surface area contributed by atoms with Crippen LogP contribution in [0.25, 0.3) is 11.3 Å². The van der Waals surface area contributed by atoms with Crippen LogP contribution >= 0.6 is 0 Å². The Bertz CT molecular complexity index is 526. The van der Waals surface area contributed by atoms with Gasteiger partial charge >= 0.3 is 0 Å². The number of Topliss-reactive ketones (excluding diaryl/α,β-unsaturated/α-hetero) is 1. The standard InChI is InChI=1S/C14H16N2O/c1-10(2)16-14(9-13(15-16)11(3)17)12-7-5-4-6-8-12/h4-10H,1-3H3. The van der Waals surface area contributed by atoms with Gasteiger partial charge in [-0.1, -0.05) is 30.3 Å². The van der Waals surface area contributed by atoms with Gasteiger partial charge in [0.25, 0.3) is 0 Å². The summed E-state index contributed by atoms with van der Waals surface area (Å²) < 4.78 is 1.89. The lowest BCUT2D eigenvalue weighted by Gasteiger charge is -2.10. The Morgan fingerprint density at radius 2 is 1.88 bits per heavy atom. The average Bonchev–Trinajstić information content (AvgIpc) is 2.75. The molecule has 2 aromatic rings. The molecule has 3 nitrogen and oxygen atoms in total. The number of nitrogens with zero attached hydrogens (tertiary/aromatic N) is 2. The monoisotopic (exact) mass is 228 g/mol. The highest BCUT2D eigenvalue weighted by Crippen LogP contribution is 2.23. The summed E-state index contributed by atoms with van der Waals surface area (Å²) in [6, 6.07) is 12.1. The Balaban J connectivity index is 2.56. The largest absolute Gasteiger partial charge is 0.293 e. The highest BCUT2D eigenvalue weighted by atomic mass is 16.1. The lowest BCUT2D eigenvalue weighted by atomic mass is 10.1. The second-order valence-corrected chi connectivity index (χ2v) is 4.38. The Labute approximate surface area is 101 Å². The third-order valence-corrected chi connectivity index (χ3v) is 2.66. The molecule has 0 fully saturated rings. The van der Waals surface area contributed by atoms with Gasteiger partial charge in [-0.3, -0.25) is 9.48 Å². The van der Waals surface area contributed by atoms with Crippen LogP contribution in [-0.4, -0.2) is 15.6 Å². The van der Waals surface area contributed by atoms with Crippen LogP contribution in [0, 0.1) is 0 Å². The van der Waals surface area contributed by atoms with E-state index in [0.717, 1.165) is 11.3 Å². The van der Waals surface area contributed by atoms with Crippen molar-refractivity contribution in [2.24, 2.45) is 0 Å². The fourth-order valence-corrected chi connectivity index (χ4v) is 1.78. The van der Waals surface area contributed by atoms with Crippen molar-refractivity contribution in [3.05, 3.63) is 42.1 Å². The topological polar surface area (TPSA) is 34.9 Å². The molecule has 0 saturated carbocycles. The van der Waals surface area contributed by atoms with Crippen LogP contribution in [0.15, 0.2) is 36.4 Å². The van der Waals surface area contributed by atoms with Crippen molar-refractivity contribution in [3.63, 3.8) is 0 Å². The van der Waals surface area contributed by atoms with Crippen molar-refractivity contribution >= 4 is 5.78 Å². The van der Waals surface area contributed by atoms with Crippen LogP contribution in [0.5, 0.6) is 0 Å². The molecule has 0 aliphatic heterocycles. The average molecular weight is 228 g/mol. The number of ketones is 1. The molecular formula is C14H16N2O. The number of hydrogen-bond donors (Lipinski definition) is 0. The van der Waals surface area contributed by atoms with E-state index in [2.05, 4.69) is 18.9 Å². The molecule has 88 valence electrons. The molecule has 0 N–H and O–H groups in total. The highest BCUT2D eigenvalue weighted by molar-refractivity contribution is 5.93. The molecule has 0 spiro atoms. The van der Waals surface area contributed by atoms with Crippen molar-refractivity contribution in [2.75, 3.05) is 0 Å². The second kappa shape index (κ2) is 4.53. The fourth-order valence-electron chi connectivity index (χ4n) is 1.78. The maximum absolute atomic E-state index is 11.4. The lowest BCUT2D eigenvalue weighted by Crippen LogP contribution is -2.06. The fraction of sp³-hybridized carbons (Fsp3) is 0.286. The molecule has 1 aromatic heterocycles. The minimum Gasteiger partial charge on any atom is -0.293 e. The zero-order valence-electron chi connectivity index (χ0n) is 10.3. The van der Waals surface area contributed by atoms with Gasteiger partial charge in [-0.2, -0.15) is 5.10 Å². The molecule has 0 aliphatic rings. The summed E-state index contributed by atoms with van der Waals surface area (Å²) >= 11 is 0. The van der Waals surface area contributed by atoms with Crippen LogP contribution in [0.1, 0.15) is 37.3 Å². The summed E-state index contributed by atoms with van der Waals surface area (Å²) in [5, 5.41) is 4.35. The van der Waals surface area contributed by atoms with E-state index in [4.69, 9.17) is 0 Å². The molecule has 0 unspecified atom stereocenters. The number of carbonyl (C=O) groups excluding carboxylic acids is 1. The van der Waals surface area contributed by atoms with E-state index in [9.17, 15) is 4.79 Å². The maximum Gasteiger partial charge on any atom is 0.180 e. The number of rotatable bonds is 3. The van der Waals surface area contributed by atoms with Crippen LogP contribution in [-0.2, 0) is 0 Å². The zero-order valence-corrected chi connectivity index (χ0v) is 10.3. The molecular weight excluding hydrogens is 212 g/mol. The first-order valence-electron chi connectivity index (χ1n) is 5.75. The predicted molar refractivity (Wildman–Crippen MR) is 68.1 cm³/mol. The highest BCUT2D eigenvalue weighted by Gasteiger charge is 2.14. The number of hydrogen-bond acceptors (Lipinski definition) is 2. The first kappa shape index (κ1) is 11.6. The van der Waals surface area contributed by atoms with Crippen LogP contribution in [0.4, 0.5) is 0 Å². The third-order valence-electron chi connectivity index (χ3n) is 2.66. The molecule has 2 rings (SSSR count). The van der Waals surface area contributed by atoms with E-state index in [-0.39, 0.29) is 11.8 Å². The summed E-state index contributed by atoms with van der Waals surface area (Å²) in [7, 11) is 0. The Kier molecular flexibility index (Phi) is 3.09. The summed E-state index contributed by atoms with van der Waals surface area (Å²) in [5.41, 5.74) is 2.60. The van der Waals surface area contributed by atoms with E-state index in [1.807, 2.05) is 41.1 Å². The third kappa shape index (κ3) is 2.28. The second-order valence-electron chi connectivity index (χ2n) is 4.38. The summed E-state index contributed by atoms with van der Waals surface area (Å²) in [6.45, 7) is 5.66. The van der Waals surface area contributed by atoms with Crippen LogP contribution in [0.2, 0.25) is 0 Å². The summed E-state index contributed by atoms with van der Waals surface area (Å²) in [4.78, 5) is 11.4. The molecule has 0 bridgehead atoms. The van der Waals surface area contributed by atoms with Gasteiger partial charge in [0.15, 0.2) is 5.78 Å². The molecule has 0 atom stereocenters. The molecule has 0 amide bonds. The Hall–Kier alpha value is -1.90. The van der Waals surface area contributed by atoms with Crippen molar-refractivity contribution in [2.45, 2.75) is 26.8 Å². The SMILES string of the molecule is CC(=O)c1cc(-c2ccccc2)n(C(C)C)n1. The van der Waals surface area contributed by atoms with Gasteiger partial charge < -0.3 is 0 Å². The van der Waals surface area contributed by atoms with Gasteiger partial charge in [-0.05, 0) is 25.5 Å². The minimum absolute atomic E-state index is 0.00146. The minimum atomic E-state index is 0.00146. The number of carbonyl (C=O) groups is 1. The van der Waals surface area contributed by atoms with Crippen LogP contribution in [0.3, 0.4) is 0 Å². The van der Waals surface area contributed by atoms with Gasteiger partial charge in [0.1, 0.15) is 5.69 Å². The van der Waals surface area contributed by atoms with E-state index in [1.165, 1.54) is 0 Å². The summed E-state index contributed by atoms with van der Waals surface area (Å²) in [5.74, 6) is 0.00146. The first-order valence-corrected chi connectivity index (χ1v) is 5.75. The maximum atomic E-state index is 11.4. The van der Waals surface area contributed by atoms with Gasteiger partial charge in [-0.15, -0.1) is 0 Å². The van der Waals surface area contributed by atoms with Crippen molar-refractivity contribution < 1.29 is 4.79 Å². The normalized spacial score (nSPS) is 10.8. The van der Waals surface area contributed by atoms with Gasteiger partial charge in [0.2, 0.25) is 0 Å². The molecule has 1 aromatic carbocycles. The summed E-state index contributed by atoms with van der Waals surface area (Å²) in [6.07, 6.45) is 0. The molecule has 3 heteroatoms. The molecule has 17 heavy (non-hydrogen) atoms. The number of aromatic nitrogens is 2. The Morgan fingerprint density at radius 1 is 1.24 bits per heavy atom. The smallest absolute Gasteiger partial charge is 0.180 e. The van der Waals surface area contributed by atoms with Gasteiger partial charge in [0.05, 0.1) is 5.69 Å². The van der Waals surface area contributed by atoms with Gasteiger partial charge in [0, 0.05) is 13.0 Å². The lowest BCUT2D eigenvalue weighted by molar-refractivity contribution is 0.101. The van der Waals surface area contributed by atoms with Crippen LogP contribution < -0.4 is 0 Å². The zero-order chi connectivity index (χ0) is 12.4. The Morgan fingerprint density at radius 3 is 2.41 bits per heavy atom. The van der Waals surface area contributed by atoms with E-state index in [1.54, 1.807) is 6.92 Å². The van der Waals surface area contributed by atoms with E-state index < -0.39 is 0 Å². The molecule has 1 heterocycles. The molecule has 0 aliphatic carbocycles.